The van der Waals surface area contributed by atoms with E-state index in [0.29, 0.717) is 29.5 Å². The SMILES string of the molecule is COc1ccc(C(=O)N2CCO[C@H]2CNC(=O)C(=O)NCc2ccc(Cl)cc2)cc1. The standard InChI is InChI=1S/C21H22ClN3O5/c1-29-17-8-4-15(5-9-17)21(28)25-10-11-30-18(25)13-24-20(27)19(26)23-12-14-2-6-16(22)7-3-14/h2-9,18H,10-13H2,1H3,(H,23,26)(H,24,27)/t18-/m0/s1. The third-order valence-corrected chi connectivity index (χ3v) is 4.85. The van der Waals surface area contributed by atoms with E-state index in [2.05, 4.69) is 10.6 Å². The second-order valence-corrected chi connectivity index (χ2v) is 7.01. The topological polar surface area (TPSA) is 97.0 Å². The molecule has 8 nitrogen and oxygen atoms in total. The minimum atomic E-state index is -0.795. The van der Waals surface area contributed by atoms with Crippen LogP contribution in [-0.2, 0) is 20.9 Å². The van der Waals surface area contributed by atoms with Gasteiger partial charge in [-0.25, -0.2) is 0 Å². The van der Waals surface area contributed by atoms with Gasteiger partial charge < -0.3 is 25.0 Å². The molecule has 0 saturated carbocycles. The van der Waals surface area contributed by atoms with E-state index in [-0.39, 0.29) is 19.0 Å². The summed E-state index contributed by atoms with van der Waals surface area (Å²) >= 11 is 5.82. The molecule has 2 N–H and O–H groups in total. The molecule has 1 aliphatic rings. The maximum Gasteiger partial charge on any atom is 0.309 e. The Morgan fingerprint density at radius 3 is 2.40 bits per heavy atom. The molecule has 2 aromatic rings. The molecule has 1 fully saturated rings. The van der Waals surface area contributed by atoms with Gasteiger partial charge in [0.25, 0.3) is 5.91 Å². The summed E-state index contributed by atoms with van der Waals surface area (Å²) in [6.45, 7) is 0.958. The number of amides is 3. The third kappa shape index (κ3) is 5.49. The number of halogens is 1. The highest BCUT2D eigenvalue weighted by molar-refractivity contribution is 6.35. The molecule has 1 heterocycles. The molecule has 0 unspecified atom stereocenters. The lowest BCUT2D eigenvalue weighted by molar-refractivity contribution is -0.139. The molecule has 1 saturated heterocycles. The van der Waals surface area contributed by atoms with Gasteiger partial charge in [-0.3, -0.25) is 14.4 Å². The fourth-order valence-corrected chi connectivity index (χ4v) is 3.07. The van der Waals surface area contributed by atoms with Gasteiger partial charge in [-0.2, -0.15) is 0 Å². The highest BCUT2D eigenvalue weighted by Crippen LogP contribution is 2.17. The first-order valence-corrected chi connectivity index (χ1v) is 9.73. The Balaban J connectivity index is 1.49. The Labute approximate surface area is 179 Å². The van der Waals surface area contributed by atoms with Crippen molar-refractivity contribution >= 4 is 29.3 Å². The zero-order chi connectivity index (χ0) is 21.5. The van der Waals surface area contributed by atoms with Gasteiger partial charge in [0.05, 0.1) is 20.3 Å². The summed E-state index contributed by atoms with van der Waals surface area (Å²) in [7, 11) is 1.55. The highest BCUT2D eigenvalue weighted by atomic mass is 35.5. The van der Waals surface area contributed by atoms with Crippen molar-refractivity contribution < 1.29 is 23.9 Å². The Morgan fingerprint density at radius 2 is 1.73 bits per heavy atom. The predicted octanol–water partition coefficient (Wildman–Crippen LogP) is 1.58. The van der Waals surface area contributed by atoms with E-state index in [0.717, 1.165) is 5.56 Å². The molecule has 0 bridgehead atoms. The van der Waals surface area contributed by atoms with Gasteiger partial charge in [0.2, 0.25) is 0 Å². The lowest BCUT2D eigenvalue weighted by Gasteiger charge is -2.23. The van der Waals surface area contributed by atoms with Crippen LogP contribution < -0.4 is 15.4 Å². The molecule has 2 aromatic carbocycles. The lowest BCUT2D eigenvalue weighted by atomic mass is 10.2. The molecule has 0 aromatic heterocycles. The number of nitrogens with one attached hydrogen (secondary N) is 2. The minimum absolute atomic E-state index is 0.00902. The van der Waals surface area contributed by atoms with E-state index in [1.807, 2.05) is 0 Å². The summed E-state index contributed by atoms with van der Waals surface area (Å²) in [5.74, 6) is -1.13. The van der Waals surface area contributed by atoms with E-state index >= 15 is 0 Å². The van der Waals surface area contributed by atoms with Crippen molar-refractivity contribution in [1.29, 1.82) is 0 Å². The summed E-state index contributed by atoms with van der Waals surface area (Å²) in [5, 5.41) is 5.64. The molecular formula is C21H22ClN3O5. The fraction of sp³-hybridized carbons (Fsp3) is 0.286. The highest BCUT2D eigenvalue weighted by Gasteiger charge is 2.31. The van der Waals surface area contributed by atoms with Crippen molar-refractivity contribution in [2.45, 2.75) is 12.8 Å². The number of hydrogen-bond acceptors (Lipinski definition) is 5. The summed E-state index contributed by atoms with van der Waals surface area (Å²) in [5.41, 5.74) is 1.30. The summed E-state index contributed by atoms with van der Waals surface area (Å²) < 4.78 is 10.6. The van der Waals surface area contributed by atoms with Crippen LogP contribution in [0.5, 0.6) is 5.75 Å². The van der Waals surface area contributed by atoms with Gasteiger partial charge in [0.1, 0.15) is 12.0 Å². The van der Waals surface area contributed by atoms with E-state index in [1.165, 1.54) is 4.90 Å². The average molecular weight is 432 g/mol. The number of rotatable bonds is 6. The van der Waals surface area contributed by atoms with Crippen LogP contribution in [0.25, 0.3) is 0 Å². The van der Waals surface area contributed by atoms with Gasteiger partial charge in [-0.15, -0.1) is 0 Å². The maximum absolute atomic E-state index is 12.7. The third-order valence-electron chi connectivity index (χ3n) is 4.60. The number of methoxy groups -OCH3 is 1. The first kappa shape index (κ1) is 21.6. The fourth-order valence-electron chi connectivity index (χ4n) is 2.95. The van der Waals surface area contributed by atoms with Crippen molar-refractivity contribution in [3.8, 4) is 5.75 Å². The summed E-state index contributed by atoms with van der Waals surface area (Å²) in [6, 6.07) is 13.7. The summed E-state index contributed by atoms with van der Waals surface area (Å²) in [6.07, 6.45) is -0.646. The van der Waals surface area contributed by atoms with E-state index in [4.69, 9.17) is 21.1 Å². The average Bonchev–Trinajstić information content (AvgIpc) is 3.25. The number of carbonyl (C=O) groups excluding carboxylic acids is 3. The van der Waals surface area contributed by atoms with Gasteiger partial charge >= 0.3 is 11.8 Å². The molecule has 0 spiro atoms. The second-order valence-electron chi connectivity index (χ2n) is 6.57. The number of nitrogens with zero attached hydrogens (tertiary/aromatic N) is 1. The van der Waals surface area contributed by atoms with Crippen molar-refractivity contribution in [3.05, 3.63) is 64.7 Å². The van der Waals surface area contributed by atoms with Crippen molar-refractivity contribution in [2.75, 3.05) is 26.8 Å². The molecule has 1 atom stereocenters. The van der Waals surface area contributed by atoms with Crippen LogP contribution in [0.2, 0.25) is 5.02 Å². The Bertz CT molecular complexity index is 902. The smallest absolute Gasteiger partial charge is 0.309 e. The van der Waals surface area contributed by atoms with Crippen molar-refractivity contribution in [3.63, 3.8) is 0 Å². The predicted molar refractivity (Wildman–Crippen MR) is 110 cm³/mol. The zero-order valence-electron chi connectivity index (χ0n) is 16.4. The molecule has 9 heteroatoms. The quantitative estimate of drug-likeness (QED) is 0.677. The van der Waals surface area contributed by atoms with Gasteiger partial charge in [0, 0.05) is 23.7 Å². The van der Waals surface area contributed by atoms with Gasteiger partial charge in [-0.1, -0.05) is 23.7 Å². The van der Waals surface area contributed by atoms with Crippen LogP contribution in [0.3, 0.4) is 0 Å². The molecule has 3 rings (SSSR count). The molecule has 0 aliphatic carbocycles. The number of benzene rings is 2. The number of carbonyl (C=O) groups is 3. The maximum atomic E-state index is 12.7. The molecule has 1 aliphatic heterocycles. The normalized spacial score (nSPS) is 15.5. The second kappa shape index (κ2) is 10.1. The van der Waals surface area contributed by atoms with Crippen LogP contribution in [0.4, 0.5) is 0 Å². The first-order valence-electron chi connectivity index (χ1n) is 9.35. The van der Waals surface area contributed by atoms with Gasteiger partial charge in [-0.05, 0) is 42.0 Å². The van der Waals surface area contributed by atoms with Crippen molar-refractivity contribution in [2.24, 2.45) is 0 Å². The molecule has 3 amide bonds. The van der Waals surface area contributed by atoms with Crippen LogP contribution >= 0.6 is 11.6 Å². The monoisotopic (exact) mass is 431 g/mol. The molecule has 30 heavy (non-hydrogen) atoms. The molecule has 158 valence electrons. The largest absolute Gasteiger partial charge is 0.497 e. The summed E-state index contributed by atoms with van der Waals surface area (Å²) in [4.78, 5) is 38.3. The van der Waals surface area contributed by atoms with Crippen LogP contribution in [0.15, 0.2) is 48.5 Å². The molecular weight excluding hydrogens is 410 g/mol. The van der Waals surface area contributed by atoms with E-state index < -0.39 is 18.0 Å². The van der Waals surface area contributed by atoms with E-state index in [9.17, 15) is 14.4 Å². The van der Waals surface area contributed by atoms with E-state index in [1.54, 1.807) is 55.6 Å². The van der Waals surface area contributed by atoms with Crippen LogP contribution in [0.1, 0.15) is 15.9 Å². The van der Waals surface area contributed by atoms with Crippen molar-refractivity contribution in [1.82, 2.24) is 15.5 Å². The van der Waals surface area contributed by atoms with Crippen LogP contribution in [0, 0.1) is 0 Å². The Kier molecular flexibility index (Phi) is 7.26. The Morgan fingerprint density at radius 1 is 1.07 bits per heavy atom. The van der Waals surface area contributed by atoms with Crippen LogP contribution in [-0.4, -0.2) is 55.7 Å². The number of hydrogen-bond donors (Lipinski definition) is 2. The Hall–Kier alpha value is -3.10. The number of ether oxygens (including phenoxy) is 2. The zero-order valence-corrected chi connectivity index (χ0v) is 17.1. The first-order chi connectivity index (χ1) is 14.5. The lowest BCUT2D eigenvalue weighted by Crippen LogP contribution is -2.47. The van der Waals surface area contributed by atoms with Gasteiger partial charge in [0.15, 0.2) is 0 Å². The molecule has 0 radical (unpaired) electrons. The minimum Gasteiger partial charge on any atom is -0.497 e.